The number of hydrogen-bond acceptors (Lipinski definition) is 4. The van der Waals surface area contributed by atoms with Crippen LogP contribution in [0.3, 0.4) is 0 Å². The Morgan fingerprint density at radius 1 is 1.50 bits per heavy atom. The molecule has 20 heavy (non-hydrogen) atoms. The quantitative estimate of drug-likeness (QED) is 0.819. The first kappa shape index (κ1) is 14.3. The molecule has 2 aliphatic rings. The molecule has 2 heterocycles. The summed E-state index contributed by atoms with van der Waals surface area (Å²) in [5.74, 6) is 0.271. The van der Waals surface area contributed by atoms with E-state index in [1.807, 2.05) is 0 Å². The first-order valence-electron chi connectivity index (χ1n) is 6.76. The average molecular weight is 320 g/mol. The van der Waals surface area contributed by atoms with E-state index in [9.17, 15) is 8.42 Å². The standard InChI is InChI=1S/C12H18ClN3O3S/c1-15-8-14-12(11(15)13)20(17,18)16(10-2-3-10)6-9-4-5-19-7-9/h8-10H,2-7H2,1H3/t9-/m1/s1. The third-order valence-electron chi connectivity index (χ3n) is 3.80. The molecule has 0 spiro atoms. The van der Waals surface area contributed by atoms with Crippen LogP contribution in [0.15, 0.2) is 11.4 Å². The number of aryl methyl sites for hydroxylation is 1. The van der Waals surface area contributed by atoms with E-state index in [0.29, 0.717) is 19.8 Å². The molecule has 1 aromatic rings. The Kier molecular flexibility index (Phi) is 3.79. The van der Waals surface area contributed by atoms with Crippen LogP contribution in [0.2, 0.25) is 5.15 Å². The normalized spacial score (nSPS) is 23.6. The van der Waals surface area contributed by atoms with Gasteiger partial charge in [-0.15, -0.1) is 0 Å². The van der Waals surface area contributed by atoms with Crippen molar-refractivity contribution in [3.05, 3.63) is 11.5 Å². The zero-order chi connectivity index (χ0) is 14.3. The van der Waals surface area contributed by atoms with Crippen molar-refractivity contribution >= 4 is 21.6 Å². The van der Waals surface area contributed by atoms with Gasteiger partial charge in [0.2, 0.25) is 5.03 Å². The first-order chi connectivity index (χ1) is 9.50. The molecule has 1 aliphatic carbocycles. The Bertz CT molecular complexity index is 591. The summed E-state index contributed by atoms with van der Waals surface area (Å²) < 4.78 is 33.9. The van der Waals surface area contributed by atoms with Crippen molar-refractivity contribution < 1.29 is 13.2 Å². The monoisotopic (exact) mass is 319 g/mol. The fraction of sp³-hybridized carbons (Fsp3) is 0.750. The van der Waals surface area contributed by atoms with E-state index in [1.165, 1.54) is 10.9 Å². The predicted octanol–water partition coefficient (Wildman–Crippen LogP) is 1.26. The minimum Gasteiger partial charge on any atom is -0.381 e. The van der Waals surface area contributed by atoms with Crippen LogP contribution in [0.4, 0.5) is 0 Å². The van der Waals surface area contributed by atoms with Crippen LogP contribution in [0.1, 0.15) is 19.3 Å². The lowest BCUT2D eigenvalue weighted by Crippen LogP contribution is -2.37. The number of hydrogen-bond donors (Lipinski definition) is 0. The van der Waals surface area contributed by atoms with Gasteiger partial charge in [-0.2, -0.15) is 4.31 Å². The van der Waals surface area contributed by atoms with Crippen LogP contribution in [-0.2, 0) is 21.8 Å². The van der Waals surface area contributed by atoms with Crippen LogP contribution in [0, 0.1) is 5.92 Å². The summed E-state index contributed by atoms with van der Waals surface area (Å²) >= 11 is 6.05. The number of imidazole rings is 1. The second kappa shape index (κ2) is 5.29. The number of aromatic nitrogens is 2. The highest BCUT2D eigenvalue weighted by atomic mass is 35.5. The highest BCUT2D eigenvalue weighted by molar-refractivity contribution is 7.89. The molecule has 8 heteroatoms. The molecule has 112 valence electrons. The van der Waals surface area contributed by atoms with E-state index >= 15 is 0 Å². The summed E-state index contributed by atoms with van der Waals surface area (Å²) in [5.41, 5.74) is 0. The molecule has 2 fully saturated rings. The van der Waals surface area contributed by atoms with Gasteiger partial charge in [0.1, 0.15) is 5.15 Å². The molecule has 3 rings (SSSR count). The van der Waals surface area contributed by atoms with Crippen molar-refractivity contribution in [2.45, 2.75) is 30.3 Å². The smallest absolute Gasteiger partial charge is 0.263 e. The van der Waals surface area contributed by atoms with Gasteiger partial charge in [0, 0.05) is 26.2 Å². The molecular weight excluding hydrogens is 302 g/mol. The highest BCUT2D eigenvalue weighted by Crippen LogP contribution is 2.35. The number of nitrogens with zero attached hydrogens (tertiary/aromatic N) is 3. The summed E-state index contributed by atoms with van der Waals surface area (Å²) in [5, 5.41) is 0.130. The lowest BCUT2D eigenvalue weighted by Gasteiger charge is -2.23. The van der Waals surface area contributed by atoms with Crippen molar-refractivity contribution in [3.8, 4) is 0 Å². The third-order valence-corrected chi connectivity index (χ3v) is 6.21. The molecule has 1 aliphatic heterocycles. The first-order valence-corrected chi connectivity index (χ1v) is 8.58. The number of ether oxygens (including phenoxy) is 1. The summed E-state index contributed by atoms with van der Waals surface area (Å²) in [6.45, 7) is 1.85. The van der Waals surface area contributed by atoms with Crippen molar-refractivity contribution in [3.63, 3.8) is 0 Å². The highest BCUT2D eigenvalue weighted by Gasteiger charge is 2.41. The van der Waals surface area contributed by atoms with Crippen LogP contribution < -0.4 is 0 Å². The second-order valence-electron chi connectivity index (χ2n) is 5.49. The van der Waals surface area contributed by atoms with Gasteiger partial charge in [-0.3, -0.25) is 0 Å². The molecule has 6 nitrogen and oxygen atoms in total. The number of halogens is 1. The van der Waals surface area contributed by atoms with Crippen LogP contribution in [-0.4, -0.2) is 48.1 Å². The lowest BCUT2D eigenvalue weighted by atomic mass is 10.1. The van der Waals surface area contributed by atoms with Crippen molar-refractivity contribution in [1.82, 2.24) is 13.9 Å². The molecule has 0 N–H and O–H groups in total. The fourth-order valence-corrected chi connectivity index (χ4v) is 4.62. The van der Waals surface area contributed by atoms with Gasteiger partial charge in [0.15, 0.2) is 0 Å². The maximum atomic E-state index is 12.8. The molecule has 0 amide bonds. The Labute approximate surface area is 123 Å². The average Bonchev–Trinajstić information content (AvgIpc) is 2.99. The van der Waals surface area contributed by atoms with Gasteiger partial charge in [-0.05, 0) is 25.2 Å². The van der Waals surface area contributed by atoms with Crippen molar-refractivity contribution in [1.29, 1.82) is 0 Å². The summed E-state index contributed by atoms with van der Waals surface area (Å²) in [7, 11) is -1.94. The zero-order valence-corrected chi connectivity index (χ0v) is 12.9. The minimum absolute atomic E-state index is 0.0347. The van der Waals surface area contributed by atoms with E-state index in [-0.39, 0.29) is 22.1 Å². The topological polar surface area (TPSA) is 64.4 Å². The number of rotatable bonds is 5. The zero-order valence-electron chi connectivity index (χ0n) is 11.3. The molecule has 0 bridgehead atoms. The van der Waals surface area contributed by atoms with E-state index in [0.717, 1.165) is 19.3 Å². The summed E-state index contributed by atoms with van der Waals surface area (Å²) in [4.78, 5) is 3.96. The maximum Gasteiger partial charge on any atom is 0.263 e. The SMILES string of the molecule is Cn1cnc(S(=O)(=O)N(C[C@H]2CCOC2)C2CC2)c1Cl. The van der Waals surface area contributed by atoms with Gasteiger partial charge in [-0.25, -0.2) is 13.4 Å². The molecule has 0 aromatic carbocycles. The lowest BCUT2D eigenvalue weighted by molar-refractivity contribution is 0.180. The molecule has 0 radical (unpaired) electrons. The van der Waals surface area contributed by atoms with Crippen LogP contribution in [0.5, 0.6) is 0 Å². The van der Waals surface area contributed by atoms with E-state index in [1.54, 1.807) is 11.4 Å². The molecule has 1 saturated carbocycles. The molecule has 1 saturated heterocycles. The van der Waals surface area contributed by atoms with Gasteiger partial charge in [0.25, 0.3) is 10.0 Å². The van der Waals surface area contributed by atoms with Gasteiger partial charge in [0.05, 0.1) is 12.9 Å². The van der Waals surface area contributed by atoms with E-state index < -0.39 is 10.0 Å². The van der Waals surface area contributed by atoms with E-state index in [2.05, 4.69) is 4.98 Å². The third kappa shape index (κ3) is 2.59. The Balaban J connectivity index is 1.87. The predicted molar refractivity (Wildman–Crippen MR) is 74.1 cm³/mol. The Morgan fingerprint density at radius 3 is 2.75 bits per heavy atom. The van der Waals surface area contributed by atoms with Crippen LogP contribution >= 0.6 is 11.6 Å². The van der Waals surface area contributed by atoms with Gasteiger partial charge >= 0.3 is 0 Å². The van der Waals surface area contributed by atoms with Crippen molar-refractivity contribution in [2.75, 3.05) is 19.8 Å². The van der Waals surface area contributed by atoms with E-state index in [4.69, 9.17) is 16.3 Å². The Morgan fingerprint density at radius 2 is 2.25 bits per heavy atom. The molecular formula is C12H18ClN3O3S. The van der Waals surface area contributed by atoms with Crippen molar-refractivity contribution in [2.24, 2.45) is 13.0 Å². The summed E-state index contributed by atoms with van der Waals surface area (Å²) in [6.07, 6.45) is 4.17. The molecule has 1 atom stereocenters. The fourth-order valence-electron chi connectivity index (χ4n) is 2.47. The molecule has 1 aromatic heterocycles. The largest absolute Gasteiger partial charge is 0.381 e. The van der Waals surface area contributed by atoms with Gasteiger partial charge in [-0.1, -0.05) is 11.6 Å². The maximum absolute atomic E-state index is 12.8. The molecule has 0 unspecified atom stereocenters. The second-order valence-corrected chi connectivity index (χ2v) is 7.65. The number of sulfonamides is 1. The summed E-state index contributed by atoms with van der Waals surface area (Å²) in [6, 6.07) is 0.0960. The minimum atomic E-state index is -3.62. The van der Waals surface area contributed by atoms with Crippen LogP contribution in [0.25, 0.3) is 0 Å². The van der Waals surface area contributed by atoms with Gasteiger partial charge < -0.3 is 9.30 Å². The Hall–Kier alpha value is -0.630.